The van der Waals surface area contributed by atoms with Gasteiger partial charge in [0.15, 0.2) is 0 Å². The molecule has 4 heteroatoms. The highest BCUT2D eigenvalue weighted by Crippen LogP contribution is 2.26. The summed E-state index contributed by atoms with van der Waals surface area (Å²) >= 11 is 11.4. The minimum atomic E-state index is -0.861. The van der Waals surface area contributed by atoms with Crippen LogP contribution in [0.25, 0.3) is 0 Å². The molecule has 0 saturated heterocycles. The molecule has 2 nitrogen and oxygen atoms in total. The Balaban J connectivity index is 2.27. The van der Waals surface area contributed by atoms with Crippen molar-refractivity contribution < 1.29 is 9.90 Å². The average molecular weight is 413 g/mol. The fraction of sp³-hybridized carbons (Fsp3) is 0.609. The lowest BCUT2D eigenvalue weighted by Crippen LogP contribution is -2.04. The van der Waals surface area contributed by atoms with Crippen LogP contribution in [0.2, 0.25) is 0 Å². The van der Waals surface area contributed by atoms with Gasteiger partial charge in [-0.1, -0.05) is 112 Å². The normalized spacial score (nSPS) is 12.0. The van der Waals surface area contributed by atoms with Crippen LogP contribution in [0.4, 0.5) is 0 Å². The zero-order valence-electron chi connectivity index (χ0n) is 16.6. The molecule has 0 radical (unpaired) electrons. The Kier molecular flexibility index (Phi) is 13.4. The maximum atomic E-state index is 11.0. The van der Waals surface area contributed by atoms with Gasteiger partial charge >= 0.3 is 5.97 Å². The molecule has 152 valence electrons. The fourth-order valence-corrected chi connectivity index (χ4v) is 3.67. The summed E-state index contributed by atoms with van der Waals surface area (Å²) in [4.78, 5) is 11.0. The molecule has 0 fully saturated rings. The lowest BCUT2D eigenvalue weighted by atomic mass is 9.94. The molecular weight excluding hydrogens is 379 g/mol. The minimum Gasteiger partial charge on any atom is -0.481 e. The third-order valence-corrected chi connectivity index (χ3v) is 5.20. The number of hydrogen-bond acceptors (Lipinski definition) is 1. The van der Waals surface area contributed by atoms with Crippen LogP contribution in [0, 0.1) is 0 Å². The average Bonchev–Trinajstić information content (AvgIpc) is 2.62. The van der Waals surface area contributed by atoms with Crippen molar-refractivity contribution in [2.45, 2.75) is 89.9 Å². The first-order chi connectivity index (χ1) is 13.0. The van der Waals surface area contributed by atoms with Crippen molar-refractivity contribution in [1.82, 2.24) is 0 Å². The molecule has 0 spiro atoms. The van der Waals surface area contributed by atoms with E-state index in [1.165, 1.54) is 69.8 Å². The van der Waals surface area contributed by atoms with Crippen LogP contribution < -0.4 is 0 Å². The molecule has 0 bridgehead atoms. The Morgan fingerprint density at radius 2 is 1.44 bits per heavy atom. The van der Waals surface area contributed by atoms with Gasteiger partial charge in [-0.15, -0.1) is 0 Å². The van der Waals surface area contributed by atoms with E-state index in [1.54, 1.807) is 6.08 Å². The first kappa shape index (κ1) is 24.0. The molecular formula is C23H34Cl2O2. The third-order valence-electron chi connectivity index (χ3n) is 4.95. The van der Waals surface area contributed by atoms with Crippen molar-refractivity contribution in [3.8, 4) is 0 Å². The standard InChI is InChI=1S/C23H34Cl2O2/c1-2-3-4-5-6-7-8-9-10-11-12-19-13-15-20(16-14-19)21(17-22(24)25)18-23(26)27/h13-17,21H,2-12,18H2,1H3,(H,26,27). The second-order valence-electron chi connectivity index (χ2n) is 7.33. The molecule has 1 aromatic carbocycles. The number of carboxylic acids is 1. The van der Waals surface area contributed by atoms with Gasteiger partial charge in [0, 0.05) is 5.92 Å². The largest absolute Gasteiger partial charge is 0.481 e. The molecule has 0 aliphatic heterocycles. The summed E-state index contributed by atoms with van der Waals surface area (Å²) in [7, 11) is 0. The van der Waals surface area contributed by atoms with Gasteiger partial charge < -0.3 is 5.11 Å². The Bertz CT molecular complexity index is 548. The second-order valence-corrected chi connectivity index (χ2v) is 8.34. The first-order valence-corrected chi connectivity index (χ1v) is 11.1. The van der Waals surface area contributed by atoms with E-state index >= 15 is 0 Å². The monoisotopic (exact) mass is 412 g/mol. The minimum absolute atomic E-state index is 0.0132. The number of aliphatic carboxylic acids is 1. The van der Waals surface area contributed by atoms with Gasteiger partial charge in [-0.05, 0) is 30.0 Å². The summed E-state index contributed by atoms with van der Waals surface area (Å²) in [5.74, 6) is -1.15. The number of hydrogen-bond donors (Lipinski definition) is 1. The predicted octanol–water partition coefficient (Wildman–Crippen LogP) is 8.03. The molecule has 0 amide bonds. The van der Waals surface area contributed by atoms with Crippen LogP contribution in [-0.4, -0.2) is 11.1 Å². The van der Waals surface area contributed by atoms with Crippen LogP contribution in [-0.2, 0) is 11.2 Å². The Hall–Kier alpha value is -0.990. The summed E-state index contributed by atoms with van der Waals surface area (Å²) in [5.41, 5.74) is 2.23. The molecule has 0 saturated carbocycles. The lowest BCUT2D eigenvalue weighted by molar-refractivity contribution is -0.137. The van der Waals surface area contributed by atoms with Gasteiger partial charge in [-0.25, -0.2) is 0 Å². The SMILES string of the molecule is CCCCCCCCCCCCc1ccc(C(C=C(Cl)Cl)CC(=O)O)cc1. The highest BCUT2D eigenvalue weighted by atomic mass is 35.5. The molecule has 1 unspecified atom stereocenters. The van der Waals surface area contributed by atoms with Crippen molar-refractivity contribution in [2.24, 2.45) is 0 Å². The molecule has 0 heterocycles. The van der Waals surface area contributed by atoms with Crippen LogP contribution in [0.1, 0.15) is 94.6 Å². The van der Waals surface area contributed by atoms with Crippen molar-refractivity contribution in [3.05, 3.63) is 46.0 Å². The Morgan fingerprint density at radius 3 is 1.93 bits per heavy atom. The van der Waals surface area contributed by atoms with Crippen molar-refractivity contribution in [3.63, 3.8) is 0 Å². The van der Waals surface area contributed by atoms with Gasteiger partial charge in [0.2, 0.25) is 0 Å². The number of unbranched alkanes of at least 4 members (excludes halogenated alkanes) is 9. The zero-order valence-corrected chi connectivity index (χ0v) is 18.1. The Labute approximate surface area is 175 Å². The Morgan fingerprint density at radius 1 is 0.926 bits per heavy atom. The van der Waals surface area contributed by atoms with Crippen LogP contribution in [0.3, 0.4) is 0 Å². The van der Waals surface area contributed by atoms with E-state index in [0.29, 0.717) is 0 Å². The van der Waals surface area contributed by atoms with Crippen molar-refractivity contribution in [2.75, 3.05) is 0 Å². The van der Waals surface area contributed by atoms with Crippen molar-refractivity contribution >= 4 is 29.2 Å². The first-order valence-electron chi connectivity index (χ1n) is 10.4. The van der Waals surface area contributed by atoms with Gasteiger partial charge in [-0.3, -0.25) is 4.79 Å². The number of carboxylic acid groups (broad SMARTS) is 1. The van der Waals surface area contributed by atoms with E-state index in [2.05, 4.69) is 19.1 Å². The quantitative estimate of drug-likeness (QED) is 0.296. The summed E-state index contributed by atoms with van der Waals surface area (Å²) in [6.07, 6.45) is 16.1. The molecule has 0 aliphatic rings. The predicted molar refractivity (Wildman–Crippen MR) is 117 cm³/mol. The molecule has 1 aromatic rings. The number of allylic oxidation sites excluding steroid dienone is 1. The number of carbonyl (C=O) groups is 1. The summed E-state index contributed by atoms with van der Waals surface area (Å²) in [5, 5.41) is 9.06. The van der Waals surface area contributed by atoms with Gasteiger partial charge in [0.05, 0.1) is 6.42 Å². The molecule has 0 aliphatic carbocycles. The molecule has 1 N–H and O–H groups in total. The van der Waals surface area contributed by atoms with E-state index in [0.717, 1.165) is 12.0 Å². The van der Waals surface area contributed by atoms with Crippen LogP contribution in [0.5, 0.6) is 0 Å². The molecule has 1 atom stereocenters. The van der Waals surface area contributed by atoms with Gasteiger partial charge in [0.1, 0.15) is 4.49 Å². The van der Waals surface area contributed by atoms with E-state index in [9.17, 15) is 4.79 Å². The molecule has 27 heavy (non-hydrogen) atoms. The lowest BCUT2D eigenvalue weighted by Gasteiger charge is -2.12. The highest BCUT2D eigenvalue weighted by Gasteiger charge is 2.13. The maximum absolute atomic E-state index is 11.0. The van der Waals surface area contributed by atoms with E-state index in [4.69, 9.17) is 28.3 Å². The number of halogens is 2. The van der Waals surface area contributed by atoms with Gasteiger partial charge in [-0.2, -0.15) is 0 Å². The zero-order chi connectivity index (χ0) is 19.9. The summed E-state index contributed by atoms with van der Waals surface area (Å²) in [6, 6.07) is 8.17. The smallest absolute Gasteiger partial charge is 0.304 e. The summed E-state index contributed by atoms with van der Waals surface area (Å²) in [6.45, 7) is 2.26. The maximum Gasteiger partial charge on any atom is 0.304 e. The highest BCUT2D eigenvalue weighted by molar-refractivity contribution is 6.55. The topological polar surface area (TPSA) is 37.3 Å². The third kappa shape index (κ3) is 12.2. The fourth-order valence-electron chi connectivity index (χ4n) is 3.36. The molecule has 0 aromatic heterocycles. The van der Waals surface area contributed by atoms with Crippen LogP contribution >= 0.6 is 23.2 Å². The number of rotatable bonds is 15. The molecule has 1 rings (SSSR count). The van der Waals surface area contributed by atoms with E-state index < -0.39 is 5.97 Å². The summed E-state index contributed by atoms with van der Waals surface area (Å²) < 4.78 is 0.107. The van der Waals surface area contributed by atoms with E-state index in [-0.39, 0.29) is 16.8 Å². The van der Waals surface area contributed by atoms with Crippen molar-refractivity contribution in [1.29, 1.82) is 0 Å². The van der Waals surface area contributed by atoms with Gasteiger partial charge in [0.25, 0.3) is 0 Å². The van der Waals surface area contributed by atoms with Crippen LogP contribution in [0.15, 0.2) is 34.8 Å². The number of aryl methyl sites for hydroxylation is 1. The second kappa shape index (κ2) is 15.0. The number of benzene rings is 1. The van der Waals surface area contributed by atoms with E-state index in [1.807, 2.05) is 12.1 Å².